The summed E-state index contributed by atoms with van der Waals surface area (Å²) in [7, 11) is 0. The lowest BCUT2D eigenvalue weighted by atomic mass is 9.99. The van der Waals surface area contributed by atoms with Gasteiger partial charge in [0.15, 0.2) is 0 Å². The molecule has 0 bridgehead atoms. The molecule has 0 saturated carbocycles. The number of aromatic nitrogens is 1. The zero-order valence-electron chi connectivity index (χ0n) is 12.9. The molecule has 23 heavy (non-hydrogen) atoms. The van der Waals surface area contributed by atoms with Crippen LogP contribution in [0.5, 0.6) is 0 Å². The van der Waals surface area contributed by atoms with Crippen molar-refractivity contribution in [3.63, 3.8) is 0 Å². The van der Waals surface area contributed by atoms with E-state index in [0.29, 0.717) is 12.1 Å². The van der Waals surface area contributed by atoms with E-state index in [4.69, 9.17) is 0 Å². The van der Waals surface area contributed by atoms with Gasteiger partial charge >= 0.3 is 6.18 Å². The maximum atomic E-state index is 12.4. The lowest BCUT2D eigenvalue weighted by Crippen LogP contribution is -2.40. The molecule has 1 aliphatic heterocycles. The molecule has 1 aromatic heterocycles. The van der Waals surface area contributed by atoms with Crippen molar-refractivity contribution in [2.24, 2.45) is 5.92 Å². The van der Waals surface area contributed by atoms with Gasteiger partial charge in [0.2, 0.25) is 0 Å². The second-order valence-electron chi connectivity index (χ2n) is 5.84. The summed E-state index contributed by atoms with van der Waals surface area (Å²) in [5.74, 6) is -0.712. The Morgan fingerprint density at radius 1 is 1.48 bits per heavy atom. The number of hydrogen-bond donors (Lipinski definition) is 2. The van der Waals surface area contributed by atoms with Crippen molar-refractivity contribution < 1.29 is 18.0 Å². The highest BCUT2D eigenvalue weighted by molar-refractivity contribution is 5.95. The molecule has 2 heterocycles. The smallest absolute Gasteiger partial charge is 0.343 e. The van der Waals surface area contributed by atoms with E-state index in [-0.39, 0.29) is 11.5 Å². The van der Waals surface area contributed by atoms with Crippen LogP contribution in [-0.2, 0) is 6.54 Å². The first-order valence-electron chi connectivity index (χ1n) is 7.53. The molecule has 8 heteroatoms. The second kappa shape index (κ2) is 7.16. The molecule has 1 atom stereocenters. The standard InChI is InChI=1S/C15H20F3N3O2/c1-10-4-6-21(8-11-3-2-5-19-7-11)14(23)12(10)13(22)20-9-15(16,17)18/h4,6,11,19H,2-3,5,7-9H2,1H3,(H,20,22). The lowest BCUT2D eigenvalue weighted by Gasteiger charge is -2.23. The van der Waals surface area contributed by atoms with Gasteiger partial charge in [-0.1, -0.05) is 0 Å². The van der Waals surface area contributed by atoms with Crippen LogP contribution < -0.4 is 16.2 Å². The number of carbonyl (C=O) groups excluding carboxylic acids is 1. The van der Waals surface area contributed by atoms with E-state index in [2.05, 4.69) is 5.32 Å². The minimum absolute atomic E-state index is 0.222. The first kappa shape index (κ1) is 17.5. The summed E-state index contributed by atoms with van der Waals surface area (Å²) in [6, 6.07) is 1.58. The predicted octanol–water partition coefficient (Wildman–Crippen LogP) is 1.45. The third kappa shape index (κ3) is 4.82. The summed E-state index contributed by atoms with van der Waals surface area (Å²) in [4.78, 5) is 24.4. The topological polar surface area (TPSA) is 63.1 Å². The van der Waals surface area contributed by atoms with Crippen molar-refractivity contribution >= 4 is 5.91 Å². The van der Waals surface area contributed by atoms with Gasteiger partial charge < -0.3 is 15.2 Å². The van der Waals surface area contributed by atoms with Crippen LogP contribution in [0.4, 0.5) is 13.2 Å². The largest absolute Gasteiger partial charge is 0.405 e. The van der Waals surface area contributed by atoms with E-state index in [0.717, 1.165) is 25.9 Å². The molecule has 1 aliphatic rings. The Morgan fingerprint density at radius 2 is 2.22 bits per heavy atom. The molecular weight excluding hydrogens is 311 g/mol. The average Bonchev–Trinajstić information content (AvgIpc) is 2.49. The van der Waals surface area contributed by atoms with Crippen molar-refractivity contribution in [1.29, 1.82) is 0 Å². The molecule has 5 nitrogen and oxygen atoms in total. The molecule has 1 saturated heterocycles. The molecule has 1 aromatic rings. The lowest BCUT2D eigenvalue weighted by molar-refractivity contribution is -0.123. The summed E-state index contributed by atoms with van der Waals surface area (Å²) < 4.78 is 38.1. The van der Waals surface area contributed by atoms with Crippen LogP contribution in [-0.4, -0.2) is 36.3 Å². The Labute approximate surface area is 131 Å². The van der Waals surface area contributed by atoms with Gasteiger partial charge in [-0.05, 0) is 50.4 Å². The van der Waals surface area contributed by atoms with Crippen molar-refractivity contribution in [2.45, 2.75) is 32.5 Å². The van der Waals surface area contributed by atoms with Gasteiger partial charge in [0.05, 0.1) is 0 Å². The van der Waals surface area contributed by atoms with E-state index < -0.39 is 24.2 Å². The second-order valence-corrected chi connectivity index (χ2v) is 5.84. The summed E-state index contributed by atoms with van der Waals surface area (Å²) in [6.45, 7) is 2.27. The first-order chi connectivity index (χ1) is 10.8. The quantitative estimate of drug-likeness (QED) is 0.878. The van der Waals surface area contributed by atoms with Crippen LogP contribution in [0, 0.1) is 12.8 Å². The molecule has 1 fully saturated rings. The first-order valence-corrected chi connectivity index (χ1v) is 7.53. The number of nitrogens with one attached hydrogen (secondary N) is 2. The SMILES string of the molecule is Cc1ccn(CC2CCCNC2)c(=O)c1C(=O)NCC(F)(F)F. The van der Waals surface area contributed by atoms with Crippen LogP contribution in [0.1, 0.15) is 28.8 Å². The predicted molar refractivity (Wildman–Crippen MR) is 79.4 cm³/mol. The van der Waals surface area contributed by atoms with Crippen molar-refractivity contribution in [1.82, 2.24) is 15.2 Å². The van der Waals surface area contributed by atoms with Crippen LogP contribution >= 0.6 is 0 Å². The Morgan fingerprint density at radius 3 is 2.83 bits per heavy atom. The Balaban J connectivity index is 2.17. The number of hydrogen-bond acceptors (Lipinski definition) is 3. The van der Waals surface area contributed by atoms with Gasteiger partial charge in [0, 0.05) is 12.7 Å². The highest BCUT2D eigenvalue weighted by Crippen LogP contribution is 2.14. The van der Waals surface area contributed by atoms with Gasteiger partial charge in [-0.15, -0.1) is 0 Å². The number of piperidine rings is 1. The van der Waals surface area contributed by atoms with Gasteiger partial charge in [0.25, 0.3) is 11.5 Å². The monoisotopic (exact) mass is 331 g/mol. The fraction of sp³-hybridized carbons (Fsp3) is 0.600. The molecular formula is C15H20F3N3O2. The summed E-state index contributed by atoms with van der Waals surface area (Å²) in [5.41, 5.74) is -0.400. The number of aryl methyl sites for hydroxylation is 1. The normalized spacial score (nSPS) is 18.7. The van der Waals surface area contributed by atoms with Crippen LogP contribution in [0.25, 0.3) is 0 Å². The third-order valence-corrected chi connectivity index (χ3v) is 3.90. The maximum Gasteiger partial charge on any atom is 0.405 e. The zero-order valence-corrected chi connectivity index (χ0v) is 12.9. The number of pyridine rings is 1. The molecule has 1 amide bonds. The number of carbonyl (C=O) groups is 1. The highest BCUT2D eigenvalue weighted by atomic mass is 19.4. The van der Waals surface area contributed by atoms with Crippen LogP contribution in [0.2, 0.25) is 0 Å². The Bertz CT molecular complexity index is 619. The fourth-order valence-electron chi connectivity index (χ4n) is 2.71. The van der Waals surface area contributed by atoms with Gasteiger partial charge in [-0.25, -0.2) is 0 Å². The highest BCUT2D eigenvalue weighted by Gasteiger charge is 2.29. The van der Waals surface area contributed by atoms with Gasteiger partial charge in [-0.3, -0.25) is 9.59 Å². The van der Waals surface area contributed by atoms with Gasteiger partial charge in [-0.2, -0.15) is 13.2 Å². The average molecular weight is 331 g/mol. The minimum Gasteiger partial charge on any atom is -0.343 e. The van der Waals surface area contributed by atoms with E-state index >= 15 is 0 Å². The zero-order chi connectivity index (χ0) is 17.0. The van der Waals surface area contributed by atoms with Crippen molar-refractivity contribution in [3.8, 4) is 0 Å². The molecule has 0 aliphatic carbocycles. The summed E-state index contributed by atoms with van der Waals surface area (Å²) in [6.07, 6.45) is -0.926. The van der Waals surface area contributed by atoms with Gasteiger partial charge in [0.1, 0.15) is 12.1 Å². The van der Waals surface area contributed by atoms with Crippen LogP contribution in [0.15, 0.2) is 17.1 Å². The van der Waals surface area contributed by atoms with Crippen LogP contribution in [0.3, 0.4) is 0 Å². The number of alkyl halides is 3. The number of amides is 1. The van der Waals surface area contributed by atoms with Crippen molar-refractivity contribution in [3.05, 3.63) is 33.7 Å². The van der Waals surface area contributed by atoms with E-state index in [1.165, 1.54) is 11.5 Å². The van der Waals surface area contributed by atoms with E-state index in [1.807, 2.05) is 0 Å². The molecule has 0 aromatic carbocycles. The minimum atomic E-state index is -4.51. The molecule has 0 spiro atoms. The fourth-order valence-corrected chi connectivity index (χ4v) is 2.71. The number of nitrogens with zero attached hydrogens (tertiary/aromatic N) is 1. The number of rotatable bonds is 4. The molecule has 128 valence electrons. The number of halogens is 3. The molecule has 0 radical (unpaired) electrons. The summed E-state index contributed by atoms with van der Waals surface area (Å²) >= 11 is 0. The Hall–Kier alpha value is -1.83. The molecule has 2 rings (SSSR count). The Kier molecular flexibility index (Phi) is 5.46. The maximum absolute atomic E-state index is 12.4. The third-order valence-electron chi connectivity index (χ3n) is 3.90. The van der Waals surface area contributed by atoms with E-state index in [9.17, 15) is 22.8 Å². The molecule has 2 N–H and O–H groups in total. The van der Waals surface area contributed by atoms with Crippen molar-refractivity contribution in [2.75, 3.05) is 19.6 Å². The molecule has 1 unspecified atom stereocenters. The van der Waals surface area contributed by atoms with E-state index in [1.54, 1.807) is 17.6 Å². The summed E-state index contributed by atoms with van der Waals surface area (Å²) in [5, 5.41) is 5.00.